The summed E-state index contributed by atoms with van der Waals surface area (Å²) < 4.78 is 30.2. The van der Waals surface area contributed by atoms with Gasteiger partial charge in [-0.05, 0) is 44.4 Å². The van der Waals surface area contributed by atoms with Crippen LogP contribution in [0.2, 0.25) is 0 Å². The Bertz CT molecular complexity index is 1050. The minimum atomic E-state index is -1.19. The van der Waals surface area contributed by atoms with E-state index in [1.807, 2.05) is 19.3 Å². The van der Waals surface area contributed by atoms with Crippen LogP contribution in [-0.4, -0.2) is 56.2 Å². The van der Waals surface area contributed by atoms with Gasteiger partial charge < -0.3 is 10.2 Å². The number of H-pyrrole nitrogens is 1. The van der Waals surface area contributed by atoms with Crippen LogP contribution in [-0.2, 0) is 7.05 Å². The monoisotopic (exact) mass is 414 g/mol. The molecule has 0 spiro atoms. The summed E-state index contributed by atoms with van der Waals surface area (Å²) in [4.78, 5) is 2.15. The fourth-order valence-corrected chi connectivity index (χ4v) is 4.13. The molecule has 1 fully saturated rings. The van der Waals surface area contributed by atoms with Gasteiger partial charge >= 0.3 is 0 Å². The van der Waals surface area contributed by atoms with Crippen LogP contribution in [0, 0.1) is 5.82 Å². The van der Waals surface area contributed by atoms with Crippen molar-refractivity contribution < 1.29 is 8.78 Å². The van der Waals surface area contributed by atoms with Crippen molar-refractivity contribution in [1.82, 2.24) is 30.2 Å². The predicted molar refractivity (Wildman–Crippen MR) is 115 cm³/mol. The largest absolute Gasteiger partial charge is 0.381 e. The fourth-order valence-electron chi connectivity index (χ4n) is 4.13. The van der Waals surface area contributed by atoms with Crippen molar-refractivity contribution in [2.45, 2.75) is 38.4 Å². The molecule has 6 nitrogen and oxygen atoms in total. The van der Waals surface area contributed by atoms with Gasteiger partial charge in [0.2, 0.25) is 0 Å². The van der Waals surface area contributed by atoms with Gasteiger partial charge in [0.1, 0.15) is 11.2 Å². The molecule has 2 aromatic heterocycles. The van der Waals surface area contributed by atoms with Gasteiger partial charge in [0.25, 0.3) is 0 Å². The normalized spacial score (nSPS) is 16.3. The molecule has 4 rings (SSSR count). The van der Waals surface area contributed by atoms with E-state index in [1.165, 1.54) is 6.07 Å². The van der Waals surface area contributed by atoms with Crippen molar-refractivity contribution >= 4 is 16.6 Å². The van der Waals surface area contributed by atoms with Crippen LogP contribution < -0.4 is 5.32 Å². The minimum Gasteiger partial charge on any atom is -0.381 e. The number of aromatic nitrogens is 4. The highest BCUT2D eigenvalue weighted by Gasteiger charge is 2.26. The average Bonchev–Trinajstić information content (AvgIpc) is 3.28. The highest BCUT2D eigenvalue weighted by molar-refractivity contribution is 5.93. The number of alkyl halides is 1. The van der Waals surface area contributed by atoms with Crippen LogP contribution in [0.3, 0.4) is 0 Å². The fraction of sp³-hybridized carbons (Fsp3) is 0.455. The van der Waals surface area contributed by atoms with Crippen LogP contribution in [0.5, 0.6) is 0 Å². The molecule has 0 radical (unpaired) electrons. The van der Waals surface area contributed by atoms with E-state index >= 15 is 0 Å². The van der Waals surface area contributed by atoms with Crippen molar-refractivity contribution in [3.05, 3.63) is 42.6 Å². The Balaban J connectivity index is 1.49. The Kier molecular flexibility index (Phi) is 5.36. The lowest BCUT2D eigenvalue weighted by molar-refractivity contribution is 0.104. The topological polar surface area (TPSA) is 61.8 Å². The van der Waals surface area contributed by atoms with Crippen LogP contribution in [0.15, 0.2) is 31.1 Å². The van der Waals surface area contributed by atoms with Crippen LogP contribution in [0.25, 0.3) is 27.7 Å². The third-order valence-electron chi connectivity index (χ3n) is 5.52. The van der Waals surface area contributed by atoms with Gasteiger partial charge in [0, 0.05) is 49.9 Å². The molecule has 1 aromatic carbocycles. The zero-order valence-electron chi connectivity index (χ0n) is 17.7. The highest BCUT2D eigenvalue weighted by Crippen LogP contribution is 2.30. The number of nitrogens with one attached hydrogen (secondary N) is 2. The molecule has 0 aliphatic carbocycles. The van der Waals surface area contributed by atoms with Gasteiger partial charge in [0.15, 0.2) is 5.82 Å². The van der Waals surface area contributed by atoms with Crippen LogP contribution in [0.4, 0.5) is 8.78 Å². The second-order valence-corrected chi connectivity index (χ2v) is 8.75. The Morgan fingerprint density at radius 2 is 2.03 bits per heavy atom. The molecular formula is C22H28F2N6. The first-order chi connectivity index (χ1) is 14.2. The van der Waals surface area contributed by atoms with Gasteiger partial charge in [0.05, 0.1) is 17.6 Å². The lowest BCUT2D eigenvalue weighted by Crippen LogP contribution is -2.45. The number of aromatic amines is 1. The maximum atomic E-state index is 14.7. The first-order valence-electron chi connectivity index (χ1n) is 10.2. The van der Waals surface area contributed by atoms with Crippen molar-refractivity contribution in [3.8, 4) is 11.1 Å². The van der Waals surface area contributed by atoms with Gasteiger partial charge in [-0.15, -0.1) is 0 Å². The maximum Gasteiger partial charge on any atom is 0.151 e. The molecule has 0 saturated carbocycles. The Hall–Kier alpha value is -2.74. The summed E-state index contributed by atoms with van der Waals surface area (Å²) in [5.74, 6) is -0.385. The van der Waals surface area contributed by atoms with Crippen molar-refractivity contribution in [1.29, 1.82) is 0 Å². The first kappa shape index (κ1) is 20.5. The smallest absolute Gasteiger partial charge is 0.151 e. The Morgan fingerprint density at radius 3 is 2.67 bits per heavy atom. The molecule has 3 heterocycles. The average molecular weight is 415 g/mol. The number of fused-ring (bicyclic) bond motifs is 1. The van der Waals surface area contributed by atoms with E-state index < -0.39 is 5.67 Å². The number of likely N-dealkylation sites (tertiary alicyclic amines) is 1. The molecule has 8 heteroatoms. The van der Waals surface area contributed by atoms with E-state index in [9.17, 15) is 8.78 Å². The van der Waals surface area contributed by atoms with Crippen LogP contribution >= 0.6 is 0 Å². The second-order valence-electron chi connectivity index (χ2n) is 8.75. The molecule has 2 N–H and O–H groups in total. The van der Waals surface area contributed by atoms with E-state index in [4.69, 9.17) is 0 Å². The second kappa shape index (κ2) is 7.83. The quantitative estimate of drug-likeness (QED) is 0.643. The number of hydrogen-bond donors (Lipinski definition) is 2. The molecule has 0 bridgehead atoms. The van der Waals surface area contributed by atoms with Crippen molar-refractivity contribution in [2.75, 3.05) is 19.6 Å². The standard InChI is InChI=1S/C22H28F2N6/c1-14(26-17-5-7-30(8-6-17)13-22(2,3)24)20-18-9-15(16-11-25-29(4)12-16)10-19(23)21(18)28-27-20/h9-12,17,26H,1,5-8,13H2,2-4H3,(H,27,28). The van der Waals surface area contributed by atoms with Gasteiger partial charge in [-0.2, -0.15) is 10.2 Å². The molecular weight excluding hydrogens is 386 g/mol. The van der Waals surface area contributed by atoms with E-state index in [1.54, 1.807) is 24.7 Å². The maximum absolute atomic E-state index is 14.7. The number of piperidine rings is 1. The zero-order valence-corrected chi connectivity index (χ0v) is 17.7. The van der Waals surface area contributed by atoms with E-state index in [-0.39, 0.29) is 11.9 Å². The lowest BCUT2D eigenvalue weighted by Gasteiger charge is -2.35. The highest BCUT2D eigenvalue weighted by atomic mass is 19.1. The number of hydrogen-bond acceptors (Lipinski definition) is 4. The van der Waals surface area contributed by atoms with Crippen LogP contribution in [0.1, 0.15) is 32.4 Å². The van der Waals surface area contributed by atoms with E-state index in [0.29, 0.717) is 28.8 Å². The molecule has 3 aromatic rings. The van der Waals surface area contributed by atoms with Gasteiger partial charge in [-0.1, -0.05) is 6.58 Å². The molecule has 1 saturated heterocycles. The molecule has 0 unspecified atom stereocenters. The SMILES string of the molecule is C=C(NC1CCN(CC(C)(C)F)CC1)c1[nH]nc2c(F)cc(-c3cnn(C)c3)cc12. The van der Waals surface area contributed by atoms with E-state index in [0.717, 1.165) is 37.1 Å². The van der Waals surface area contributed by atoms with Gasteiger partial charge in [-0.3, -0.25) is 9.78 Å². The van der Waals surface area contributed by atoms with Gasteiger partial charge in [-0.25, -0.2) is 8.78 Å². The zero-order chi connectivity index (χ0) is 21.5. The third kappa shape index (κ3) is 4.38. The first-order valence-corrected chi connectivity index (χ1v) is 10.2. The molecule has 160 valence electrons. The summed E-state index contributed by atoms with van der Waals surface area (Å²) in [6.07, 6.45) is 5.35. The summed E-state index contributed by atoms with van der Waals surface area (Å²) in [5.41, 5.74) is 2.05. The summed E-state index contributed by atoms with van der Waals surface area (Å²) in [7, 11) is 1.83. The van der Waals surface area contributed by atoms with Crippen molar-refractivity contribution in [3.63, 3.8) is 0 Å². The van der Waals surface area contributed by atoms with E-state index in [2.05, 4.69) is 32.1 Å². The summed E-state index contributed by atoms with van der Waals surface area (Å²) in [6.45, 7) is 9.50. The third-order valence-corrected chi connectivity index (χ3v) is 5.52. The molecule has 0 amide bonds. The number of aryl methyl sites for hydroxylation is 1. The predicted octanol–water partition coefficient (Wildman–Crippen LogP) is 3.88. The number of rotatable bonds is 6. The summed E-state index contributed by atoms with van der Waals surface area (Å²) >= 11 is 0. The molecule has 30 heavy (non-hydrogen) atoms. The molecule has 0 atom stereocenters. The summed E-state index contributed by atoms with van der Waals surface area (Å²) in [6, 6.07) is 3.62. The molecule has 1 aliphatic rings. The van der Waals surface area contributed by atoms with Crippen molar-refractivity contribution in [2.24, 2.45) is 7.05 Å². The number of nitrogens with zero attached hydrogens (tertiary/aromatic N) is 4. The number of halogens is 2. The molecule has 1 aliphatic heterocycles. The Labute approximate surface area is 174 Å². The number of benzene rings is 1. The Morgan fingerprint density at radius 1 is 1.30 bits per heavy atom. The minimum absolute atomic E-state index is 0.237. The lowest BCUT2D eigenvalue weighted by atomic mass is 10.0. The summed E-state index contributed by atoms with van der Waals surface area (Å²) in [5, 5.41) is 15.4.